The van der Waals surface area contributed by atoms with E-state index in [1.165, 1.54) is 0 Å². The van der Waals surface area contributed by atoms with Crippen LogP contribution in [0.25, 0.3) is 0 Å². The summed E-state index contributed by atoms with van der Waals surface area (Å²) in [5, 5.41) is 18.5. The molecule has 0 saturated carbocycles. The highest BCUT2D eigenvalue weighted by Crippen LogP contribution is 2.14. The number of carboxylic acid groups (broad SMARTS) is 1. The van der Waals surface area contributed by atoms with Crippen LogP contribution in [0.5, 0.6) is 0 Å². The fraction of sp³-hybridized carbons (Fsp3) is 0.357. The molecule has 0 aromatic heterocycles. The number of hydrogen-bond donors (Lipinski definition) is 4. The number of nitrogens with one attached hydrogen (secondary N) is 1. The van der Waals surface area contributed by atoms with E-state index in [-0.39, 0.29) is 26.0 Å². The number of carboxylic acids is 1. The Morgan fingerprint density at radius 2 is 2.00 bits per heavy atom. The molecule has 0 saturated heterocycles. The Morgan fingerprint density at radius 3 is 2.56 bits per heavy atom. The number of nitrogens with zero attached hydrogens (tertiary/aromatic N) is 2. The largest absolute Gasteiger partial charge is 0.479 e. The van der Waals surface area contributed by atoms with Gasteiger partial charge in [-0.25, -0.2) is 24.7 Å². The summed E-state index contributed by atoms with van der Waals surface area (Å²) in [6, 6.07) is 8.71. The zero-order valence-corrected chi connectivity index (χ0v) is 13.3. The molecule has 11 nitrogen and oxygen atoms in total. The number of aliphatic imine (C=N–C) groups is 1. The number of aliphatic carboxylic acids is 1. The van der Waals surface area contributed by atoms with E-state index in [1.807, 2.05) is 0 Å². The predicted molar refractivity (Wildman–Crippen MR) is 86.6 cm³/mol. The van der Waals surface area contributed by atoms with Crippen molar-refractivity contribution in [3.63, 3.8) is 0 Å². The van der Waals surface area contributed by atoms with Crippen LogP contribution in [-0.4, -0.2) is 40.1 Å². The molecule has 1 aromatic carbocycles. The lowest BCUT2D eigenvalue weighted by Gasteiger charge is -2.22. The molecule has 0 aliphatic heterocycles. The Morgan fingerprint density at radius 1 is 1.36 bits per heavy atom. The summed E-state index contributed by atoms with van der Waals surface area (Å²) >= 11 is 0. The zero-order chi connectivity index (χ0) is 18.9. The smallest absolute Gasteiger partial charge is 0.338 e. The maximum Gasteiger partial charge on any atom is 0.338 e. The molecule has 11 heteroatoms. The Hall–Kier alpha value is -3.21. The van der Waals surface area contributed by atoms with Crippen molar-refractivity contribution in [3.05, 3.63) is 46.0 Å². The minimum Gasteiger partial charge on any atom is -0.479 e. The Kier molecular flexibility index (Phi) is 7.28. The van der Waals surface area contributed by atoms with Crippen LogP contribution in [0.1, 0.15) is 18.4 Å². The Bertz CT molecular complexity index is 650. The molecule has 0 radical (unpaired) electrons. The number of guanidine groups is 1. The van der Waals surface area contributed by atoms with E-state index in [0.29, 0.717) is 5.56 Å². The molecule has 0 amide bonds. The Balaban J connectivity index is 2.58. The quantitative estimate of drug-likeness (QED) is 0.0855. The van der Waals surface area contributed by atoms with Crippen LogP contribution < -0.4 is 16.9 Å². The van der Waals surface area contributed by atoms with E-state index >= 15 is 0 Å². The van der Waals surface area contributed by atoms with Gasteiger partial charge in [0.05, 0.1) is 0 Å². The van der Waals surface area contributed by atoms with E-state index in [0.717, 1.165) is 0 Å². The van der Waals surface area contributed by atoms with Gasteiger partial charge in [0.1, 0.15) is 6.61 Å². The second-order valence-corrected chi connectivity index (χ2v) is 5.08. The summed E-state index contributed by atoms with van der Waals surface area (Å²) in [5.74, 6) is -3.05. The first kappa shape index (κ1) is 19.8. The molecule has 1 rings (SSSR count). The second kappa shape index (κ2) is 9.17. The van der Waals surface area contributed by atoms with Crippen LogP contribution >= 0.6 is 0 Å². The van der Waals surface area contributed by atoms with Crippen molar-refractivity contribution in [2.45, 2.75) is 25.0 Å². The molecule has 136 valence electrons. The highest BCUT2D eigenvalue weighted by atomic mass is 16.7. The van der Waals surface area contributed by atoms with Gasteiger partial charge in [0.2, 0.25) is 5.54 Å². The number of esters is 1. The first-order chi connectivity index (χ1) is 11.8. The van der Waals surface area contributed by atoms with Gasteiger partial charge in [-0.15, -0.1) is 0 Å². The summed E-state index contributed by atoms with van der Waals surface area (Å²) in [5.41, 5.74) is 11.0. The third-order valence-corrected chi connectivity index (χ3v) is 3.18. The lowest BCUT2D eigenvalue weighted by molar-refractivity contribution is -0.525. The summed E-state index contributed by atoms with van der Waals surface area (Å²) in [4.78, 5) is 37.2. The number of benzene rings is 1. The molecule has 1 atom stereocenters. The highest BCUT2D eigenvalue weighted by Gasteiger charge is 2.43. The van der Waals surface area contributed by atoms with Gasteiger partial charge < -0.3 is 21.3 Å². The molecule has 1 aromatic rings. The fourth-order valence-electron chi connectivity index (χ4n) is 1.83. The predicted octanol–water partition coefficient (Wildman–Crippen LogP) is -0.612. The monoisotopic (exact) mass is 353 g/mol. The molecule has 6 N–H and O–H groups in total. The summed E-state index contributed by atoms with van der Waals surface area (Å²) in [6.07, 6.45) is -0.214. The lowest BCUT2D eigenvalue weighted by Crippen LogP contribution is -2.55. The van der Waals surface area contributed by atoms with Gasteiger partial charge in [0.15, 0.2) is 5.03 Å². The molecule has 0 unspecified atom stereocenters. The van der Waals surface area contributed by atoms with E-state index in [9.17, 15) is 24.8 Å². The summed E-state index contributed by atoms with van der Waals surface area (Å²) in [7, 11) is 0. The van der Waals surface area contributed by atoms with Gasteiger partial charge in [-0.2, -0.15) is 0 Å². The lowest BCUT2D eigenvalue weighted by atomic mass is 9.95. The molecule has 0 heterocycles. The highest BCUT2D eigenvalue weighted by molar-refractivity contribution is 6.03. The first-order valence-corrected chi connectivity index (χ1v) is 7.20. The maximum atomic E-state index is 12.1. The number of carbonyl (C=O) groups excluding carboxylic acids is 1. The number of hydrazine groups is 1. The SMILES string of the molecule is NC(=NCCC[C@](N)(C(=O)O)C(=O)OCc1ccccc1)N[N+](=O)[O-]. The molecular weight excluding hydrogens is 334 g/mol. The number of nitrogens with two attached hydrogens (primary N) is 2. The van der Waals surface area contributed by atoms with Crippen LogP contribution in [0.3, 0.4) is 0 Å². The summed E-state index contributed by atoms with van der Waals surface area (Å²) < 4.78 is 4.98. The van der Waals surface area contributed by atoms with Crippen molar-refractivity contribution in [1.82, 2.24) is 5.43 Å². The second-order valence-electron chi connectivity index (χ2n) is 5.08. The fourth-order valence-corrected chi connectivity index (χ4v) is 1.83. The average Bonchev–Trinajstić information content (AvgIpc) is 2.56. The van der Waals surface area contributed by atoms with Gasteiger partial charge >= 0.3 is 11.9 Å². The first-order valence-electron chi connectivity index (χ1n) is 7.20. The number of carbonyl (C=O) groups is 2. The molecule has 25 heavy (non-hydrogen) atoms. The van der Waals surface area contributed by atoms with Crippen LogP contribution in [0.15, 0.2) is 35.3 Å². The van der Waals surface area contributed by atoms with E-state index in [4.69, 9.17) is 16.2 Å². The number of nitro groups is 1. The molecule has 0 fully saturated rings. The molecule has 0 aliphatic rings. The van der Waals surface area contributed by atoms with E-state index in [2.05, 4.69) is 4.99 Å². The zero-order valence-electron chi connectivity index (χ0n) is 13.3. The summed E-state index contributed by atoms with van der Waals surface area (Å²) in [6.45, 7) is -0.158. The van der Waals surface area contributed by atoms with Crippen molar-refractivity contribution >= 4 is 17.9 Å². The van der Waals surface area contributed by atoms with Gasteiger partial charge in [0.25, 0.3) is 5.96 Å². The van der Waals surface area contributed by atoms with Crippen molar-refractivity contribution < 1.29 is 24.5 Å². The van der Waals surface area contributed by atoms with Crippen molar-refractivity contribution in [2.75, 3.05) is 6.54 Å². The molecule has 0 bridgehead atoms. The van der Waals surface area contributed by atoms with Crippen LogP contribution in [-0.2, 0) is 20.9 Å². The van der Waals surface area contributed by atoms with Gasteiger partial charge in [-0.05, 0) is 18.4 Å². The number of rotatable bonds is 9. The van der Waals surface area contributed by atoms with Crippen LogP contribution in [0.4, 0.5) is 0 Å². The van der Waals surface area contributed by atoms with Crippen molar-refractivity contribution in [3.8, 4) is 0 Å². The van der Waals surface area contributed by atoms with E-state index < -0.39 is 28.5 Å². The standard InChI is InChI=1S/C14H19N5O6/c15-13(18-19(23)24)17-8-4-7-14(16,11(20)21)12(22)25-9-10-5-2-1-3-6-10/h1-3,5-6H,4,7-9,16H2,(H,20,21)(H3,15,17,18)/t14-/m0/s1. The maximum absolute atomic E-state index is 12.1. The molecule has 0 spiro atoms. The van der Waals surface area contributed by atoms with Crippen LogP contribution in [0.2, 0.25) is 0 Å². The topological polar surface area (TPSA) is 183 Å². The third-order valence-electron chi connectivity index (χ3n) is 3.18. The van der Waals surface area contributed by atoms with Crippen molar-refractivity contribution in [1.29, 1.82) is 0 Å². The number of hydrogen-bond acceptors (Lipinski definition) is 7. The van der Waals surface area contributed by atoms with Gasteiger partial charge in [-0.3, -0.25) is 0 Å². The van der Waals surface area contributed by atoms with Crippen LogP contribution in [0, 0.1) is 10.1 Å². The van der Waals surface area contributed by atoms with Gasteiger partial charge in [-0.1, -0.05) is 35.8 Å². The van der Waals surface area contributed by atoms with Crippen molar-refractivity contribution in [2.24, 2.45) is 16.5 Å². The van der Waals surface area contributed by atoms with E-state index in [1.54, 1.807) is 35.8 Å². The average molecular weight is 353 g/mol. The normalized spacial score (nSPS) is 13.6. The molecular formula is C14H19N5O6. The minimum atomic E-state index is -2.24. The molecule has 0 aliphatic carbocycles. The Labute approximate surface area is 142 Å². The third kappa shape index (κ3) is 6.43. The number of ether oxygens (including phenoxy) is 1. The minimum absolute atomic E-state index is 0.0507. The van der Waals surface area contributed by atoms with Gasteiger partial charge in [0, 0.05) is 6.54 Å².